The van der Waals surface area contributed by atoms with E-state index in [-0.39, 0.29) is 6.04 Å². The van der Waals surface area contributed by atoms with Gasteiger partial charge in [-0.05, 0) is 76.3 Å². The summed E-state index contributed by atoms with van der Waals surface area (Å²) in [5, 5.41) is 5.33. The lowest BCUT2D eigenvalue weighted by Crippen LogP contribution is -2.32. The van der Waals surface area contributed by atoms with E-state index in [4.69, 9.17) is 16.7 Å². The smallest absolute Gasteiger partial charge is 0.160 e. The minimum atomic E-state index is 0.235. The number of unbranched alkanes of at least 4 members (excludes halogenated alkanes) is 1. The molecular formula is C33H46N6. The van der Waals surface area contributed by atoms with Gasteiger partial charge in [-0.3, -0.25) is 0 Å². The zero-order valence-corrected chi connectivity index (χ0v) is 24.2. The van der Waals surface area contributed by atoms with E-state index < -0.39 is 0 Å². The lowest BCUT2D eigenvalue weighted by molar-refractivity contribution is 0.226. The van der Waals surface area contributed by atoms with Crippen LogP contribution in [0, 0.1) is 6.92 Å². The molecule has 0 aliphatic carbocycles. The zero-order chi connectivity index (χ0) is 26.8. The van der Waals surface area contributed by atoms with Crippen LogP contribution in [0.1, 0.15) is 99.6 Å². The first-order chi connectivity index (χ1) is 19.1. The summed E-state index contributed by atoms with van der Waals surface area (Å²) < 4.78 is 2.16. The quantitative estimate of drug-likeness (QED) is 0.360. The van der Waals surface area contributed by atoms with Crippen molar-refractivity contribution in [2.75, 3.05) is 42.5 Å². The first-order valence-electron chi connectivity index (χ1n) is 15.6. The Morgan fingerprint density at radius 1 is 0.923 bits per heavy atom. The predicted octanol–water partition coefficient (Wildman–Crippen LogP) is 7.17. The minimum absolute atomic E-state index is 0.235. The van der Waals surface area contributed by atoms with Crippen LogP contribution in [-0.4, -0.2) is 52.2 Å². The summed E-state index contributed by atoms with van der Waals surface area (Å²) in [6.45, 7) is 14.6. The van der Waals surface area contributed by atoms with Gasteiger partial charge < -0.3 is 14.7 Å². The van der Waals surface area contributed by atoms with Crippen LogP contribution in [0.5, 0.6) is 0 Å². The summed E-state index contributed by atoms with van der Waals surface area (Å²) in [6, 6.07) is 11.8. The number of anilines is 2. The molecule has 0 N–H and O–H groups in total. The summed E-state index contributed by atoms with van der Waals surface area (Å²) in [6.07, 6.45) is 13.2. The molecule has 2 aromatic heterocycles. The summed E-state index contributed by atoms with van der Waals surface area (Å²) in [5.74, 6) is 2.34. The fourth-order valence-corrected chi connectivity index (χ4v) is 6.84. The fourth-order valence-electron chi connectivity index (χ4n) is 6.84. The molecule has 2 bridgehead atoms. The third-order valence-electron chi connectivity index (χ3n) is 9.09. The van der Waals surface area contributed by atoms with Gasteiger partial charge in [0, 0.05) is 56.1 Å². The van der Waals surface area contributed by atoms with Crippen LogP contribution in [0.3, 0.4) is 0 Å². The molecule has 6 nitrogen and oxygen atoms in total. The van der Waals surface area contributed by atoms with Gasteiger partial charge in [-0.2, -0.15) is 9.61 Å². The molecular weight excluding hydrogens is 480 g/mol. The third kappa shape index (κ3) is 5.39. The Balaban J connectivity index is 1.47. The van der Waals surface area contributed by atoms with Crippen molar-refractivity contribution in [2.45, 2.75) is 90.5 Å². The third-order valence-corrected chi connectivity index (χ3v) is 9.09. The van der Waals surface area contributed by atoms with Gasteiger partial charge in [0.15, 0.2) is 5.65 Å². The normalized spacial score (nSPS) is 20.7. The molecule has 0 radical (unpaired) electrons. The second-order valence-electron chi connectivity index (χ2n) is 12.0. The highest BCUT2D eigenvalue weighted by Gasteiger charge is 2.30. The first kappa shape index (κ1) is 26.2. The molecule has 3 aliphatic heterocycles. The van der Waals surface area contributed by atoms with Crippen molar-refractivity contribution in [3.05, 3.63) is 59.3 Å². The predicted molar refractivity (Wildman–Crippen MR) is 163 cm³/mol. The lowest BCUT2D eigenvalue weighted by atomic mass is 9.93. The molecule has 1 unspecified atom stereocenters. The second kappa shape index (κ2) is 11.6. The number of aromatic nitrogens is 3. The van der Waals surface area contributed by atoms with Gasteiger partial charge in [0.05, 0.1) is 11.7 Å². The van der Waals surface area contributed by atoms with Crippen LogP contribution < -0.4 is 9.80 Å². The van der Waals surface area contributed by atoms with Crippen molar-refractivity contribution in [2.24, 2.45) is 0 Å². The summed E-state index contributed by atoms with van der Waals surface area (Å²) in [4.78, 5) is 12.8. The summed E-state index contributed by atoms with van der Waals surface area (Å²) >= 11 is 0. The molecule has 208 valence electrons. The van der Waals surface area contributed by atoms with Gasteiger partial charge in [0.1, 0.15) is 11.6 Å². The van der Waals surface area contributed by atoms with Crippen molar-refractivity contribution in [3.8, 4) is 0 Å². The molecule has 6 rings (SSSR count). The Morgan fingerprint density at radius 2 is 1.74 bits per heavy atom. The molecule has 2 saturated heterocycles. The highest BCUT2D eigenvalue weighted by atomic mass is 15.4. The summed E-state index contributed by atoms with van der Waals surface area (Å²) in [7, 11) is 0. The number of piperidine rings is 1. The van der Waals surface area contributed by atoms with Crippen molar-refractivity contribution in [3.63, 3.8) is 0 Å². The van der Waals surface area contributed by atoms with E-state index in [1.54, 1.807) is 0 Å². The van der Waals surface area contributed by atoms with Crippen LogP contribution >= 0.6 is 0 Å². The summed E-state index contributed by atoms with van der Waals surface area (Å²) in [5.41, 5.74) is 7.39. The molecule has 1 atom stereocenters. The number of rotatable bonds is 4. The largest absolute Gasteiger partial charge is 0.363 e. The van der Waals surface area contributed by atoms with Gasteiger partial charge in [0.2, 0.25) is 0 Å². The van der Waals surface area contributed by atoms with Crippen molar-refractivity contribution in [1.29, 1.82) is 0 Å². The van der Waals surface area contributed by atoms with Gasteiger partial charge >= 0.3 is 0 Å². The molecule has 6 heteroatoms. The van der Waals surface area contributed by atoms with Crippen LogP contribution in [0.2, 0.25) is 0 Å². The maximum atomic E-state index is 5.33. The van der Waals surface area contributed by atoms with Gasteiger partial charge in [-0.25, -0.2) is 4.98 Å². The van der Waals surface area contributed by atoms with Crippen LogP contribution in [0.4, 0.5) is 11.6 Å². The highest BCUT2D eigenvalue weighted by Crippen LogP contribution is 2.38. The highest BCUT2D eigenvalue weighted by molar-refractivity contribution is 5.67. The number of benzene rings is 1. The molecule has 0 spiro atoms. The molecule has 39 heavy (non-hydrogen) atoms. The molecule has 3 aromatic rings. The van der Waals surface area contributed by atoms with E-state index >= 15 is 0 Å². The average Bonchev–Trinajstić information content (AvgIpc) is 3.64. The number of nitrogens with zero attached hydrogens (tertiary/aromatic N) is 6. The maximum Gasteiger partial charge on any atom is 0.160 e. The number of aryl methyl sites for hydroxylation is 2. The first-order valence-corrected chi connectivity index (χ1v) is 15.6. The molecule has 0 saturated carbocycles. The Bertz CT molecular complexity index is 1300. The SMILES string of the molecule is C=C1c2cc(C)ccc2CCCCCN(CCCC)c2cc(N3CCCC3)nc3cc(nn23)C2CCCCN12. The van der Waals surface area contributed by atoms with E-state index in [1.807, 2.05) is 0 Å². The Kier molecular flexibility index (Phi) is 7.80. The molecule has 5 heterocycles. The van der Waals surface area contributed by atoms with Gasteiger partial charge in [-0.15, -0.1) is 0 Å². The maximum absolute atomic E-state index is 5.33. The van der Waals surface area contributed by atoms with E-state index in [9.17, 15) is 0 Å². The van der Waals surface area contributed by atoms with Gasteiger partial charge in [-0.1, -0.05) is 44.0 Å². The standard InChI is InChI=1S/C33H46N6/c1-4-5-17-37-20-9-6-7-13-27-16-15-25(2)22-28(27)26(3)38-21-10-8-14-30(38)29-23-32-34-31(36-18-11-12-19-36)24-33(37)39(32)35-29/h15-16,22-24,30H,3-14,17-21H2,1-2H3. The Hall–Kier alpha value is -3.02. The monoisotopic (exact) mass is 526 g/mol. The van der Waals surface area contributed by atoms with Crippen molar-refractivity contribution < 1.29 is 0 Å². The van der Waals surface area contributed by atoms with Crippen molar-refractivity contribution in [1.82, 2.24) is 19.5 Å². The minimum Gasteiger partial charge on any atom is -0.363 e. The number of hydrogen-bond acceptors (Lipinski definition) is 5. The lowest BCUT2D eigenvalue weighted by Gasteiger charge is -2.38. The van der Waals surface area contributed by atoms with Crippen LogP contribution in [0.15, 0.2) is 36.9 Å². The van der Waals surface area contributed by atoms with Crippen molar-refractivity contribution >= 4 is 23.0 Å². The van der Waals surface area contributed by atoms with E-state index in [1.165, 1.54) is 86.0 Å². The second-order valence-corrected chi connectivity index (χ2v) is 12.0. The van der Waals surface area contributed by atoms with Crippen LogP contribution in [0.25, 0.3) is 11.3 Å². The topological polar surface area (TPSA) is 39.9 Å². The number of hydrogen-bond donors (Lipinski definition) is 0. The number of fused-ring (bicyclic) bond motifs is 4. The zero-order valence-electron chi connectivity index (χ0n) is 24.2. The van der Waals surface area contributed by atoms with E-state index in [2.05, 4.69) is 63.4 Å². The Morgan fingerprint density at radius 3 is 2.59 bits per heavy atom. The van der Waals surface area contributed by atoms with Gasteiger partial charge in [0.25, 0.3) is 0 Å². The molecule has 0 amide bonds. The van der Waals surface area contributed by atoms with Crippen LogP contribution in [-0.2, 0) is 6.42 Å². The average molecular weight is 527 g/mol. The molecule has 2 fully saturated rings. The Labute approximate surface area is 234 Å². The fraction of sp³-hybridized carbons (Fsp3) is 0.576. The molecule has 3 aliphatic rings. The van der Waals surface area contributed by atoms with E-state index in [0.29, 0.717) is 0 Å². The molecule has 1 aromatic carbocycles. The van der Waals surface area contributed by atoms with E-state index in [0.717, 1.165) is 62.7 Å².